The van der Waals surface area contributed by atoms with Crippen LogP contribution in [0.1, 0.15) is 72.6 Å². The van der Waals surface area contributed by atoms with Crippen molar-refractivity contribution in [3.05, 3.63) is 23.3 Å². The normalized spacial score (nSPS) is 21.8. The van der Waals surface area contributed by atoms with Crippen molar-refractivity contribution < 1.29 is 0 Å². The topological polar surface area (TPSA) is 0 Å². The SMILES string of the molecule is CCCC1=CC(CCC(C)C)=CCC(C)CC1. The highest BCUT2D eigenvalue weighted by Crippen LogP contribution is 2.26. The third kappa shape index (κ3) is 6.10. The highest BCUT2D eigenvalue weighted by atomic mass is 14.1. The fourth-order valence-electron chi connectivity index (χ4n) is 2.44. The van der Waals surface area contributed by atoms with Crippen LogP contribution in [-0.4, -0.2) is 0 Å². The van der Waals surface area contributed by atoms with Gasteiger partial charge in [0.25, 0.3) is 0 Å². The minimum absolute atomic E-state index is 0.821. The van der Waals surface area contributed by atoms with Gasteiger partial charge in [-0.3, -0.25) is 0 Å². The van der Waals surface area contributed by atoms with E-state index < -0.39 is 0 Å². The van der Waals surface area contributed by atoms with Crippen LogP contribution in [0.3, 0.4) is 0 Å². The molecule has 0 bridgehead atoms. The maximum atomic E-state index is 2.51. The average Bonchev–Trinajstić information content (AvgIpc) is 2.26. The maximum absolute atomic E-state index is 2.51. The van der Waals surface area contributed by atoms with Crippen molar-refractivity contribution in [2.24, 2.45) is 11.8 Å². The van der Waals surface area contributed by atoms with Crippen LogP contribution in [0.25, 0.3) is 0 Å². The predicted molar refractivity (Wildman–Crippen MR) is 78.2 cm³/mol. The highest BCUT2D eigenvalue weighted by molar-refractivity contribution is 5.25. The molecule has 0 fully saturated rings. The average molecular weight is 234 g/mol. The molecule has 0 nitrogen and oxygen atoms in total. The van der Waals surface area contributed by atoms with Gasteiger partial charge in [-0.15, -0.1) is 0 Å². The Balaban J connectivity index is 2.66. The Morgan fingerprint density at radius 3 is 2.71 bits per heavy atom. The van der Waals surface area contributed by atoms with E-state index in [2.05, 4.69) is 39.8 Å². The number of hydrogen-bond acceptors (Lipinski definition) is 0. The van der Waals surface area contributed by atoms with E-state index >= 15 is 0 Å². The van der Waals surface area contributed by atoms with Gasteiger partial charge < -0.3 is 0 Å². The summed E-state index contributed by atoms with van der Waals surface area (Å²) in [5.41, 5.74) is 3.29. The molecule has 0 radical (unpaired) electrons. The molecule has 0 heteroatoms. The summed E-state index contributed by atoms with van der Waals surface area (Å²) in [6.07, 6.45) is 14.2. The summed E-state index contributed by atoms with van der Waals surface area (Å²) in [5, 5.41) is 0. The quantitative estimate of drug-likeness (QED) is 0.556. The number of hydrogen-bond donors (Lipinski definition) is 0. The van der Waals surface area contributed by atoms with Gasteiger partial charge in [0, 0.05) is 0 Å². The molecular formula is C17H30. The molecule has 0 amide bonds. The minimum Gasteiger partial charge on any atom is -0.0811 e. The van der Waals surface area contributed by atoms with Gasteiger partial charge in [0.2, 0.25) is 0 Å². The van der Waals surface area contributed by atoms with Crippen molar-refractivity contribution in [1.29, 1.82) is 0 Å². The Hall–Kier alpha value is -0.520. The molecule has 0 aromatic rings. The van der Waals surface area contributed by atoms with Crippen LogP contribution in [0.5, 0.6) is 0 Å². The lowest BCUT2D eigenvalue weighted by Crippen LogP contribution is -2.00. The van der Waals surface area contributed by atoms with Crippen molar-refractivity contribution in [3.8, 4) is 0 Å². The number of rotatable bonds is 5. The van der Waals surface area contributed by atoms with Crippen molar-refractivity contribution in [2.75, 3.05) is 0 Å². The van der Waals surface area contributed by atoms with E-state index in [1.807, 2.05) is 0 Å². The molecule has 0 aromatic heterocycles. The molecule has 0 N–H and O–H groups in total. The molecule has 1 aliphatic carbocycles. The van der Waals surface area contributed by atoms with Gasteiger partial charge in [0.1, 0.15) is 0 Å². The summed E-state index contributed by atoms with van der Waals surface area (Å²) < 4.78 is 0. The zero-order valence-electron chi connectivity index (χ0n) is 12.3. The molecule has 1 aliphatic rings. The van der Waals surface area contributed by atoms with Crippen LogP contribution in [0.2, 0.25) is 0 Å². The smallest absolute Gasteiger partial charge is 0.0280 e. The lowest BCUT2D eigenvalue weighted by Gasteiger charge is -2.17. The largest absolute Gasteiger partial charge is 0.0811 e. The third-order valence-electron chi connectivity index (χ3n) is 3.71. The molecule has 1 rings (SSSR count). The molecule has 0 saturated carbocycles. The van der Waals surface area contributed by atoms with Gasteiger partial charge in [-0.05, 0) is 50.4 Å². The molecule has 0 aromatic carbocycles. The zero-order valence-corrected chi connectivity index (χ0v) is 12.3. The second-order valence-electron chi connectivity index (χ2n) is 6.14. The minimum atomic E-state index is 0.821. The first-order valence-corrected chi connectivity index (χ1v) is 7.50. The van der Waals surface area contributed by atoms with Crippen molar-refractivity contribution in [2.45, 2.75) is 72.6 Å². The van der Waals surface area contributed by atoms with Crippen LogP contribution in [0.15, 0.2) is 23.3 Å². The summed E-state index contributed by atoms with van der Waals surface area (Å²) in [6.45, 7) is 9.33. The summed E-state index contributed by atoms with van der Waals surface area (Å²) in [5.74, 6) is 1.69. The van der Waals surface area contributed by atoms with Crippen molar-refractivity contribution >= 4 is 0 Å². The fourth-order valence-corrected chi connectivity index (χ4v) is 2.44. The summed E-state index contributed by atoms with van der Waals surface area (Å²) in [6, 6.07) is 0. The Kier molecular flexibility index (Phi) is 6.62. The summed E-state index contributed by atoms with van der Waals surface area (Å²) in [4.78, 5) is 0. The van der Waals surface area contributed by atoms with E-state index in [-0.39, 0.29) is 0 Å². The molecule has 0 heterocycles. The Morgan fingerprint density at radius 1 is 1.29 bits per heavy atom. The number of allylic oxidation sites excluding steroid dienone is 4. The van der Waals surface area contributed by atoms with Gasteiger partial charge in [-0.25, -0.2) is 0 Å². The highest BCUT2D eigenvalue weighted by Gasteiger charge is 2.08. The van der Waals surface area contributed by atoms with E-state index in [1.165, 1.54) is 44.9 Å². The molecule has 1 atom stereocenters. The predicted octanol–water partition coefficient (Wildman–Crippen LogP) is 5.90. The van der Waals surface area contributed by atoms with Crippen LogP contribution in [-0.2, 0) is 0 Å². The molecule has 17 heavy (non-hydrogen) atoms. The van der Waals surface area contributed by atoms with Crippen LogP contribution < -0.4 is 0 Å². The first-order valence-electron chi connectivity index (χ1n) is 7.50. The van der Waals surface area contributed by atoms with E-state index in [4.69, 9.17) is 0 Å². The molecule has 0 saturated heterocycles. The van der Waals surface area contributed by atoms with Gasteiger partial charge >= 0.3 is 0 Å². The standard InChI is InChI=1S/C17H30/c1-5-6-16-11-8-15(4)9-12-17(13-16)10-7-14(2)3/h12-15H,5-11H2,1-4H3. The molecule has 0 spiro atoms. The van der Waals surface area contributed by atoms with Gasteiger partial charge in [0.05, 0.1) is 0 Å². The Morgan fingerprint density at radius 2 is 2.06 bits per heavy atom. The van der Waals surface area contributed by atoms with Crippen LogP contribution in [0.4, 0.5) is 0 Å². The van der Waals surface area contributed by atoms with Crippen molar-refractivity contribution in [1.82, 2.24) is 0 Å². The Bertz CT molecular complexity index is 268. The Labute approximate surface area is 108 Å². The first-order chi connectivity index (χ1) is 8.11. The molecular weight excluding hydrogens is 204 g/mol. The van der Waals surface area contributed by atoms with Gasteiger partial charge in [-0.1, -0.05) is 57.4 Å². The van der Waals surface area contributed by atoms with Gasteiger partial charge in [-0.2, -0.15) is 0 Å². The lowest BCUT2D eigenvalue weighted by molar-refractivity contribution is 0.524. The monoisotopic (exact) mass is 234 g/mol. The molecule has 0 aliphatic heterocycles. The second-order valence-corrected chi connectivity index (χ2v) is 6.14. The molecule has 1 unspecified atom stereocenters. The van der Waals surface area contributed by atoms with Crippen LogP contribution in [0, 0.1) is 11.8 Å². The third-order valence-corrected chi connectivity index (χ3v) is 3.71. The van der Waals surface area contributed by atoms with E-state index in [9.17, 15) is 0 Å². The maximum Gasteiger partial charge on any atom is -0.0280 e. The first kappa shape index (κ1) is 14.5. The van der Waals surface area contributed by atoms with E-state index in [0.29, 0.717) is 0 Å². The van der Waals surface area contributed by atoms with Gasteiger partial charge in [0.15, 0.2) is 0 Å². The fraction of sp³-hybridized carbons (Fsp3) is 0.765. The lowest BCUT2D eigenvalue weighted by atomic mass is 9.89. The summed E-state index contributed by atoms with van der Waals surface area (Å²) in [7, 11) is 0. The zero-order chi connectivity index (χ0) is 12.7. The van der Waals surface area contributed by atoms with E-state index in [1.54, 1.807) is 11.1 Å². The second kappa shape index (κ2) is 7.74. The van der Waals surface area contributed by atoms with Crippen molar-refractivity contribution in [3.63, 3.8) is 0 Å². The molecule has 98 valence electrons. The van der Waals surface area contributed by atoms with E-state index in [0.717, 1.165) is 11.8 Å². The summed E-state index contributed by atoms with van der Waals surface area (Å²) >= 11 is 0. The van der Waals surface area contributed by atoms with Crippen LogP contribution >= 0.6 is 0 Å².